The summed E-state index contributed by atoms with van der Waals surface area (Å²) in [6.07, 6.45) is 1.67. The van der Waals surface area contributed by atoms with Crippen molar-refractivity contribution < 1.29 is 14.3 Å². The van der Waals surface area contributed by atoms with Gasteiger partial charge in [0.1, 0.15) is 11.8 Å². The number of allylic oxidation sites excluding steroid dienone is 2. The maximum absolute atomic E-state index is 12.0. The maximum atomic E-state index is 12.0. The van der Waals surface area contributed by atoms with E-state index < -0.39 is 5.92 Å². The minimum absolute atomic E-state index is 0.154. The molecule has 0 bridgehead atoms. The molecule has 2 rings (SSSR count). The van der Waals surface area contributed by atoms with Crippen LogP contribution in [0.1, 0.15) is 18.4 Å². The lowest BCUT2D eigenvalue weighted by Gasteiger charge is -2.34. The van der Waals surface area contributed by atoms with Crippen molar-refractivity contribution in [3.05, 3.63) is 47.7 Å². The molecule has 1 heterocycles. The zero-order valence-corrected chi connectivity index (χ0v) is 11.9. The number of nitrogens with zero attached hydrogens (tertiary/aromatic N) is 2. The third-order valence-corrected chi connectivity index (χ3v) is 3.62. The van der Waals surface area contributed by atoms with E-state index in [0.29, 0.717) is 0 Å². The van der Waals surface area contributed by atoms with E-state index in [2.05, 4.69) is 0 Å². The number of carbonyl (C=O) groups excluding carboxylic acids is 2. The fourth-order valence-electron chi connectivity index (χ4n) is 2.56. The number of rotatable bonds is 2. The number of methoxy groups -OCH3 is 1. The van der Waals surface area contributed by atoms with E-state index in [1.165, 1.54) is 18.9 Å². The Morgan fingerprint density at radius 3 is 2.52 bits per heavy atom. The highest BCUT2D eigenvalue weighted by Crippen LogP contribution is 2.34. The quantitative estimate of drug-likeness (QED) is 0.777. The predicted octanol–water partition coefficient (Wildman–Crippen LogP) is 1.83. The molecule has 108 valence electrons. The van der Waals surface area contributed by atoms with Gasteiger partial charge in [0.25, 0.3) is 0 Å². The molecule has 0 saturated carbocycles. The lowest BCUT2D eigenvalue weighted by molar-refractivity contribution is -0.147. The van der Waals surface area contributed by atoms with Gasteiger partial charge in [-0.2, -0.15) is 5.26 Å². The summed E-state index contributed by atoms with van der Waals surface area (Å²) in [5.41, 5.74) is 1.19. The summed E-state index contributed by atoms with van der Waals surface area (Å²) < 4.78 is 4.85. The molecule has 0 radical (unpaired) electrons. The molecule has 1 amide bonds. The van der Waals surface area contributed by atoms with Gasteiger partial charge in [0, 0.05) is 19.4 Å². The Morgan fingerprint density at radius 1 is 1.33 bits per heavy atom. The number of esters is 1. The van der Waals surface area contributed by atoms with E-state index >= 15 is 0 Å². The molecule has 5 heteroatoms. The van der Waals surface area contributed by atoms with Gasteiger partial charge in [-0.15, -0.1) is 0 Å². The highest BCUT2D eigenvalue weighted by molar-refractivity contribution is 5.80. The molecule has 1 aromatic carbocycles. The van der Waals surface area contributed by atoms with Crippen LogP contribution in [-0.2, 0) is 14.3 Å². The van der Waals surface area contributed by atoms with Gasteiger partial charge in [0.2, 0.25) is 5.91 Å². The molecule has 5 nitrogen and oxygen atoms in total. The molecular weight excluding hydrogens is 268 g/mol. The summed E-state index contributed by atoms with van der Waals surface area (Å²) in [5, 5.41) is 9.23. The summed E-state index contributed by atoms with van der Waals surface area (Å²) in [6, 6.07) is 11.5. The van der Waals surface area contributed by atoms with Gasteiger partial charge in [-0.25, -0.2) is 0 Å². The van der Waals surface area contributed by atoms with Crippen molar-refractivity contribution in [3.63, 3.8) is 0 Å². The Labute approximate surface area is 123 Å². The number of nitriles is 1. The Morgan fingerprint density at radius 2 is 2.00 bits per heavy atom. The molecule has 0 fully saturated rings. The van der Waals surface area contributed by atoms with Gasteiger partial charge < -0.3 is 9.64 Å². The molecule has 0 unspecified atom stereocenters. The standard InChI is InChI=1S/C16H16N2O3/c1-11(19)18-10-15(16(20)21-2)14(8-13(18)9-17)12-6-4-3-5-7-12/h3-8,14-15H,10H2,1-2H3/t14-,15+/m0/s1. The Bertz CT molecular complexity index is 616. The van der Waals surface area contributed by atoms with E-state index in [1.54, 1.807) is 6.08 Å². The summed E-state index contributed by atoms with van der Waals surface area (Å²) in [6.45, 7) is 1.53. The lowest BCUT2D eigenvalue weighted by atomic mass is 9.82. The molecule has 0 aromatic heterocycles. The van der Waals surface area contributed by atoms with Crippen LogP contribution in [0.4, 0.5) is 0 Å². The summed E-state index contributed by atoms with van der Waals surface area (Å²) in [7, 11) is 1.33. The number of ether oxygens (including phenoxy) is 1. The molecule has 1 aliphatic rings. The largest absolute Gasteiger partial charge is 0.469 e. The zero-order chi connectivity index (χ0) is 15.4. The summed E-state index contributed by atoms with van der Waals surface area (Å²) in [4.78, 5) is 25.0. The summed E-state index contributed by atoms with van der Waals surface area (Å²) in [5.74, 6) is -1.44. The Balaban J connectivity index is 2.48. The maximum Gasteiger partial charge on any atom is 0.311 e. The van der Waals surface area contributed by atoms with Gasteiger partial charge in [-0.1, -0.05) is 30.3 Å². The second kappa shape index (κ2) is 6.23. The van der Waals surface area contributed by atoms with Crippen molar-refractivity contribution in [3.8, 4) is 6.07 Å². The van der Waals surface area contributed by atoms with E-state index in [4.69, 9.17) is 4.74 Å². The minimum atomic E-state index is -0.515. The Hall–Kier alpha value is -2.61. The topological polar surface area (TPSA) is 70.4 Å². The molecule has 1 aromatic rings. The van der Waals surface area contributed by atoms with Crippen LogP contribution in [0.5, 0.6) is 0 Å². The van der Waals surface area contributed by atoms with Crippen LogP contribution in [0.3, 0.4) is 0 Å². The number of hydrogen-bond acceptors (Lipinski definition) is 4. The fourth-order valence-corrected chi connectivity index (χ4v) is 2.56. The van der Waals surface area contributed by atoms with Crippen molar-refractivity contribution in [2.75, 3.05) is 13.7 Å². The van der Waals surface area contributed by atoms with Crippen molar-refractivity contribution in [1.29, 1.82) is 5.26 Å². The first-order valence-corrected chi connectivity index (χ1v) is 6.61. The number of carbonyl (C=O) groups is 2. The van der Waals surface area contributed by atoms with Gasteiger partial charge in [-0.05, 0) is 11.6 Å². The van der Waals surface area contributed by atoms with Gasteiger partial charge in [0.15, 0.2) is 0 Å². The smallest absolute Gasteiger partial charge is 0.311 e. The number of hydrogen-bond donors (Lipinski definition) is 0. The van der Waals surface area contributed by atoms with E-state index in [1.807, 2.05) is 36.4 Å². The first kappa shape index (κ1) is 14.8. The minimum Gasteiger partial charge on any atom is -0.469 e. The second-order valence-corrected chi connectivity index (χ2v) is 4.86. The van der Waals surface area contributed by atoms with Crippen LogP contribution >= 0.6 is 0 Å². The summed E-state index contributed by atoms with van der Waals surface area (Å²) >= 11 is 0. The van der Waals surface area contributed by atoms with Gasteiger partial charge in [0.05, 0.1) is 13.0 Å². The van der Waals surface area contributed by atoms with Crippen LogP contribution in [0.25, 0.3) is 0 Å². The van der Waals surface area contributed by atoms with E-state index in [9.17, 15) is 14.9 Å². The molecule has 2 atom stereocenters. The van der Waals surface area contributed by atoms with Crippen molar-refractivity contribution in [1.82, 2.24) is 4.90 Å². The normalized spacial score (nSPS) is 21.2. The van der Waals surface area contributed by atoms with Gasteiger partial charge >= 0.3 is 5.97 Å². The lowest BCUT2D eigenvalue weighted by Crippen LogP contribution is -2.42. The average molecular weight is 284 g/mol. The SMILES string of the molecule is COC(=O)[C@@H]1CN(C(C)=O)C(C#N)=C[C@H]1c1ccccc1. The van der Waals surface area contributed by atoms with Crippen LogP contribution in [-0.4, -0.2) is 30.4 Å². The highest BCUT2D eigenvalue weighted by Gasteiger charge is 2.37. The molecular formula is C16H16N2O3. The van der Waals surface area contributed by atoms with E-state index in [0.717, 1.165) is 5.56 Å². The van der Waals surface area contributed by atoms with Gasteiger partial charge in [-0.3, -0.25) is 9.59 Å². The zero-order valence-electron chi connectivity index (χ0n) is 11.9. The van der Waals surface area contributed by atoms with Crippen molar-refractivity contribution in [2.24, 2.45) is 5.92 Å². The van der Waals surface area contributed by atoms with E-state index in [-0.39, 0.29) is 30.0 Å². The molecule has 0 aliphatic carbocycles. The molecule has 21 heavy (non-hydrogen) atoms. The predicted molar refractivity (Wildman–Crippen MR) is 75.8 cm³/mol. The monoisotopic (exact) mass is 284 g/mol. The van der Waals surface area contributed by atoms with Crippen LogP contribution in [0, 0.1) is 17.2 Å². The number of benzene rings is 1. The van der Waals surface area contributed by atoms with Crippen LogP contribution in [0.2, 0.25) is 0 Å². The first-order valence-electron chi connectivity index (χ1n) is 6.61. The molecule has 0 saturated heterocycles. The van der Waals surface area contributed by atoms with Crippen molar-refractivity contribution >= 4 is 11.9 Å². The van der Waals surface area contributed by atoms with Crippen molar-refractivity contribution in [2.45, 2.75) is 12.8 Å². The molecule has 1 aliphatic heterocycles. The first-order chi connectivity index (χ1) is 10.1. The number of amides is 1. The Kier molecular flexibility index (Phi) is 4.39. The fraction of sp³-hybridized carbons (Fsp3) is 0.312. The van der Waals surface area contributed by atoms with Crippen LogP contribution < -0.4 is 0 Å². The average Bonchev–Trinajstić information content (AvgIpc) is 2.53. The third-order valence-electron chi connectivity index (χ3n) is 3.62. The third kappa shape index (κ3) is 2.95. The molecule has 0 N–H and O–H groups in total. The highest BCUT2D eigenvalue weighted by atomic mass is 16.5. The second-order valence-electron chi connectivity index (χ2n) is 4.86. The van der Waals surface area contributed by atoms with Crippen LogP contribution in [0.15, 0.2) is 42.1 Å². The molecule has 0 spiro atoms.